The van der Waals surface area contributed by atoms with Crippen molar-refractivity contribution < 1.29 is 18.7 Å². The summed E-state index contributed by atoms with van der Waals surface area (Å²) in [5, 5.41) is 13.1. The predicted octanol–water partition coefficient (Wildman–Crippen LogP) is 4.24. The zero-order chi connectivity index (χ0) is 29.6. The fourth-order valence-corrected chi connectivity index (χ4v) is 5.64. The van der Waals surface area contributed by atoms with Crippen LogP contribution in [-0.2, 0) is 9.53 Å². The minimum absolute atomic E-state index is 0.0755. The first-order valence-corrected chi connectivity index (χ1v) is 14.2. The van der Waals surface area contributed by atoms with E-state index in [0.717, 1.165) is 18.8 Å². The van der Waals surface area contributed by atoms with Crippen molar-refractivity contribution >= 4 is 17.5 Å². The molecule has 3 aromatic rings. The molecule has 2 fully saturated rings. The molecule has 1 aromatic heterocycles. The highest BCUT2D eigenvalue weighted by atomic mass is 19.1. The highest BCUT2D eigenvalue weighted by Gasteiger charge is 2.33. The van der Waals surface area contributed by atoms with E-state index in [1.54, 1.807) is 18.2 Å². The lowest BCUT2D eigenvalue weighted by molar-refractivity contribution is -0.139. The van der Waals surface area contributed by atoms with Gasteiger partial charge >= 0.3 is 0 Å². The molecular formula is C31H36FN7O3. The van der Waals surface area contributed by atoms with Gasteiger partial charge in [-0.1, -0.05) is 6.07 Å². The summed E-state index contributed by atoms with van der Waals surface area (Å²) in [6, 6.07) is 13.5. The van der Waals surface area contributed by atoms with E-state index in [2.05, 4.69) is 63.4 Å². The lowest BCUT2D eigenvalue weighted by atomic mass is 9.87. The van der Waals surface area contributed by atoms with Crippen molar-refractivity contribution in [3.8, 4) is 23.2 Å². The maximum absolute atomic E-state index is 14.9. The first-order valence-electron chi connectivity index (χ1n) is 14.2. The Labute approximate surface area is 245 Å². The number of aryl methyl sites for hydroxylation is 1. The van der Waals surface area contributed by atoms with E-state index in [-0.39, 0.29) is 30.4 Å². The molecule has 2 aliphatic rings. The number of methoxy groups -OCH3 is 1. The van der Waals surface area contributed by atoms with Crippen molar-refractivity contribution in [3.05, 3.63) is 59.4 Å². The number of piperidine rings is 2. The maximum Gasteiger partial charge on any atom is 0.248 e. The van der Waals surface area contributed by atoms with Gasteiger partial charge in [-0.25, -0.2) is 14.4 Å². The Morgan fingerprint density at radius 2 is 1.95 bits per heavy atom. The van der Waals surface area contributed by atoms with Gasteiger partial charge in [-0.15, -0.1) is 0 Å². The molecular weight excluding hydrogens is 537 g/mol. The van der Waals surface area contributed by atoms with Crippen molar-refractivity contribution in [2.45, 2.75) is 44.4 Å². The van der Waals surface area contributed by atoms with E-state index in [9.17, 15) is 14.4 Å². The SMILES string of the molecule is COCC(=O)N1CCC(Oc2ccc(-c3ncnc(Nc4ccc(C5CCN(C)CC5)c(C)c4)n3)cc2C#N)[C@H](F)C1. The second-order valence-corrected chi connectivity index (χ2v) is 11.0. The Morgan fingerprint density at radius 3 is 2.67 bits per heavy atom. The van der Waals surface area contributed by atoms with Crippen molar-refractivity contribution in [3.63, 3.8) is 0 Å². The van der Waals surface area contributed by atoms with Gasteiger partial charge < -0.3 is 24.6 Å². The number of nitrogens with one attached hydrogen (secondary N) is 1. The van der Waals surface area contributed by atoms with Crippen LogP contribution in [0.25, 0.3) is 11.4 Å². The summed E-state index contributed by atoms with van der Waals surface area (Å²) in [5.74, 6) is 1.38. The zero-order valence-corrected chi connectivity index (χ0v) is 24.2. The minimum Gasteiger partial charge on any atom is -0.486 e. The molecule has 2 aromatic carbocycles. The summed E-state index contributed by atoms with van der Waals surface area (Å²) >= 11 is 0. The Hall–Kier alpha value is -4.14. The molecule has 5 rings (SSSR count). The zero-order valence-electron chi connectivity index (χ0n) is 24.2. The van der Waals surface area contributed by atoms with Gasteiger partial charge in [-0.3, -0.25) is 4.79 Å². The number of halogens is 1. The standard InChI is InChI=1S/C31H36FN7O3/c1-20-14-24(5-6-25(20)21-8-11-38(2)12-9-21)36-31-35-19-34-30(37-31)22-4-7-27(23(15-22)16-33)42-28-10-13-39(17-26(28)32)29(40)18-41-3/h4-7,14-15,19,21,26,28H,8-13,17-18H2,1-3H3,(H,34,35,36,37)/t26-,28?/m1/s1. The van der Waals surface area contributed by atoms with E-state index >= 15 is 0 Å². The lowest BCUT2D eigenvalue weighted by Crippen LogP contribution is -2.50. The molecule has 220 valence electrons. The Balaban J connectivity index is 1.26. The highest BCUT2D eigenvalue weighted by Crippen LogP contribution is 2.32. The van der Waals surface area contributed by atoms with Crippen molar-refractivity contribution in [1.29, 1.82) is 5.26 Å². The smallest absolute Gasteiger partial charge is 0.248 e. The first kappa shape index (κ1) is 29.4. The number of hydrogen-bond donors (Lipinski definition) is 1. The highest BCUT2D eigenvalue weighted by molar-refractivity contribution is 5.77. The van der Waals surface area contributed by atoms with Crippen LogP contribution in [0.15, 0.2) is 42.7 Å². The summed E-state index contributed by atoms with van der Waals surface area (Å²) < 4.78 is 25.6. The van der Waals surface area contributed by atoms with Crippen LogP contribution >= 0.6 is 0 Å². The number of hydrogen-bond acceptors (Lipinski definition) is 9. The normalized spacial score (nSPS) is 19.7. The molecule has 3 heterocycles. The maximum atomic E-state index is 14.9. The van der Waals surface area contributed by atoms with Crippen LogP contribution in [0.2, 0.25) is 0 Å². The molecule has 2 atom stereocenters. The van der Waals surface area contributed by atoms with E-state index in [4.69, 9.17) is 9.47 Å². The van der Waals surface area contributed by atoms with Gasteiger partial charge in [-0.05, 0) is 87.3 Å². The molecule has 1 unspecified atom stereocenters. The molecule has 0 aliphatic carbocycles. The Morgan fingerprint density at radius 1 is 1.14 bits per heavy atom. The average molecular weight is 574 g/mol. The molecule has 0 saturated carbocycles. The monoisotopic (exact) mass is 573 g/mol. The third kappa shape index (κ3) is 6.83. The number of aromatic nitrogens is 3. The second kappa shape index (κ2) is 13.2. The first-order chi connectivity index (χ1) is 20.3. The summed E-state index contributed by atoms with van der Waals surface area (Å²) in [7, 11) is 3.60. The number of carbonyl (C=O) groups is 1. The van der Waals surface area contributed by atoms with Crippen molar-refractivity contribution in [1.82, 2.24) is 24.8 Å². The van der Waals surface area contributed by atoms with E-state index in [1.165, 1.54) is 42.3 Å². The summed E-state index contributed by atoms with van der Waals surface area (Å²) in [4.78, 5) is 29.0. The van der Waals surface area contributed by atoms with Gasteiger partial charge in [0, 0.05) is 31.3 Å². The minimum atomic E-state index is -1.38. The number of carbonyl (C=O) groups excluding carboxylic acids is 1. The van der Waals surface area contributed by atoms with Crippen LogP contribution in [0.1, 0.15) is 41.9 Å². The quantitative estimate of drug-likeness (QED) is 0.422. The number of benzene rings is 2. The number of anilines is 2. The molecule has 2 saturated heterocycles. The summed E-state index contributed by atoms with van der Waals surface area (Å²) in [6.45, 7) is 4.57. The number of nitriles is 1. The molecule has 0 bridgehead atoms. The summed E-state index contributed by atoms with van der Waals surface area (Å²) in [5.41, 5.74) is 4.36. The van der Waals surface area contributed by atoms with E-state index < -0.39 is 12.3 Å². The van der Waals surface area contributed by atoms with Gasteiger partial charge in [0.1, 0.15) is 30.9 Å². The van der Waals surface area contributed by atoms with Gasteiger partial charge in [0.2, 0.25) is 11.9 Å². The van der Waals surface area contributed by atoms with E-state index in [0.29, 0.717) is 36.2 Å². The van der Waals surface area contributed by atoms with Crippen LogP contribution < -0.4 is 10.1 Å². The molecule has 0 spiro atoms. The molecule has 1 amide bonds. The molecule has 2 aliphatic heterocycles. The number of likely N-dealkylation sites (tertiary alicyclic amines) is 2. The van der Waals surface area contributed by atoms with Crippen LogP contribution in [0.4, 0.5) is 16.0 Å². The average Bonchev–Trinajstić information content (AvgIpc) is 2.99. The lowest BCUT2D eigenvalue weighted by Gasteiger charge is -2.34. The van der Waals surface area contributed by atoms with Gasteiger partial charge in [0.15, 0.2) is 12.0 Å². The predicted molar refractivity (Wildman–Crippen MR) is 156 cm³/mol. The number of amides is 1. The second-order valence-electron chi connectivity index (χ2n) is 11.0. The summed E-state index contributed by atoms with van der Waals surface area (Å²) in [6.07, 6.45) is 1.91. The van der Waals surface area contributed by atoms with Crippen molar-refractivity contribution in [2.75, 3.05) is 52.3 Å². The largest absolute Gasteiger partial charge is 0.486 e. The van der Waals surface area contributed by atoms with Crippen molar-refractivity contribution in [2.24, 2.45) is 0 Å². The van der Waals surface area contributed by atoms with Gasteiger partial charge in [-0.2, -0.15) is 10.2 Å². The molecule has 42 heavy (non-hydrogen) atoms. The van der Waals surface area contributed by atoms with Crippen LogP contribution in [-0.4, -0.2) is 89.9 Å². The number of rotatable bonds is 8. The number of nitrogens with zero attached hydrogens (tertiary/aromatic N) is 6. The fraction of sp³-hybridized carbons (Fsp3) is 0.452. The number of alkyl halides is 1. The third-order valence-corrected chi connectivity index (χ3v) is 8.00. The van der Waals surface area contributed by atoms with E-state index in [1.807, 2.05) is 0 Å². The molecule has 11 heteroatoms. The molecule has 0 radical (unpaired) electrons. The van der Waals surface area contributed by atoms with Crippen LogP contribution in [0.5, 0.6) is 5.75 Å². The van der Waals surface area contributed by atoms with Gasteiger partial charge in [0.05, 0.1) is 12.1 Å². The topological polar surface area (TPSA) is 116 Å². The van der Waals surface area contributed by atoms with Gasteiger partial charge in [0.25, 0.3) is 0 Å². The number of ether oxygens (including phenoxy) is 2. The fourth-order valence-electron chi connectivity index (χ4n) is 5.64. The third-order valence-electron chi connectivity index (χ3n) is 8.00. The molecule has 10 nitrogen and oxygen atoms in total. The van der Waals surface area contributed by atoms with Crippen LogP contribution in [0.3, 0.4) is 0 Å². The Bertz CT molecular complexity index is 1450. The molecule has 1 N–H and O–H groups in total. The van der Waals surface area contributed by atoms with Crippen LogP contribution in [0, 0.1) is 18.3 Å². The Kier molecular flexibility index (Phi) is 9.25.